The summed E-state index contributed by atoms with van der Waals surface area (Å²) in [6.45, 7) is 0. The van der Waals surface area contributed by atoms with E-state index in [1.54, 1.807) is 0 Å². The van der Waals surface area contributed by atoms with Crippen molar-refractivity contribution < 1.29 is 19.1 Å². The third-order valence-corrected chi connectivity index (χ3v) is 3.18. The minimum atomic E-state index is -0.971. The van der Waals surface area contributed by atoms with E-state index in [9.17, 15) is 14.0 Å². The van der Waals surface area contributed by atoms with Crippen LogP contribution in [0.3, 0.4) is 0 Å². The summed E-state index contributed by atoms with van der Waals surface area (Å²) >= 11 is 0.959. The average molecular weight is 307 g/mol. The van der Waals surface area contributed by atoms with Crippen LogP contribution in [0.15, 0.2) is 41.8 Å². The van der Waals surface area contributed by atoms with E-state index in [2.05, 4.69) is 15.3 Å². The third-order valence-electron chi connectivity index (χ3n) is 2.32. The molecule has 1 aromatic heterocycles. The van der Waals surface area contributed by atoms with Crippen LogP contribution in [0.2, 0.25) is 0 Å². The zero-order valence-electron chi connectivity index (χ0n) is 10.6. The number of thioether (sulfide) groups is 1. The number of aliphatic carboxylic acids is 1. The molecule has 0 saturated carbocycles. The average Bonchev–Trinajstić information content (AvgIpc) is 2.48. The van der Waals surface area contributed by atoms with E-state index in [1.807, 2.05) is 0 Å². The topological polar surface area (TPSA) is 92.2 Å². The highest BCUT2D eigenvalue weighted by atomic mass is 32.2. The molecule has 0 saturated heterocycles. The van der Waals surface area contributed by atoms with E-state index in [1.165, 1.54) is 36.7 Å². The molecule has 8 heteroatoms. The maximum Gasteiger partial charge on any atom is 0.313 e. The first kappa shape index (κ1) is 14.9. The monoisotopic (exact) mass is 307 g/mol. The molecule has 1 amide bonds. The minimum Gasteiger partial charge on any atom is -0.481 e. The van der Waals surface area contributed by atoms with E-state index in [0.717, 1.165) is 11.8 Å². The Kier molecular flexibility index (Phi) is 4.83. The van der Waals surface area contributed by atoms with Crippen molar-refractivity contribution in [3.05, 3.63) is 48.0 Å². The number of halogens is 1. The van der Waals surface area contributed by atoms with Crippen LogP contribution in [0.4, 0.5) is 10.1 Å². The number of anilines is 1. The molecule has 0 aliphatic carbocycles. The molecule has 108 valence electrons. The number of benzene rings is 1. The second-order valence-electron chi connectivity index (χ2n) is 3.90. The van der Waals surface area contributed by atoms with Gasteiger partial charge in [-0.15, -0.1) is 0 Å². The summed E-state index contributed by atoms with van der Waals surface area (Å²) in [5, 5.41) is 11.4. The van der Waals surface area contributed by atoms with Gasteiger partial charge in [0.2, 0.25) is 0 Å². The first-order chi connectivity index (χ1) is 10.0. The number of carbonyl (C=O) groups excluding carboxylic acids is 1. The van der Waals surface area contributed by atoms with E-state index >= 15 is 0 Å². The lowest BCUT2D eigenvalue weighted by Gasteiger charge is -2.05. The molecule has 1 heterocycles. The molecule has 0 fully saturated rings. The Bertz CT molecular complexity index is 647. The molecular formula is C13H10FN3O3S. The third kappa shape index (κ3) is 4.53. The Morgan fingerprint density at radius 1 is 1.19 bits per heavy atom. The number of amides is 1. The minimum absolute atomic E-state index is 0.152. The Balaban J connectivity index is 1.99. The quantitative estimate of drug-likeness (QED) is 0.649. The van der Waals surface area contributed by atoms with Gasteiger partial charge in [-0.05, 0) is 24.3 Å². The van der Waals surface area contributed by atoms with Crippen LogP contribution in [-0.4, -0.2) is 32.7 Å². The lowest BCUT2D eigenvalue weighted by molar-refractivity contribution is -0.133. The molecule has 0 aliphatic heterocycles. The second-order valence-corrected chi connectivity index (χ2v) is 4.84. The van der Waals surface area contributed by atoms with Gasteiger partial charge in [0.15, 0.2) is 5.16 Å². The molecule has 6 nitrogen and oxygen atoms in total. The Morgan fingerprint density at radius 3 is 2.38 bits per heavy atom. The molecular weight excluding hydrogens is 297 g/mol. The maximum absolute atomic E-state index is 12.7. The second kappa shape index (κ2) is 6.80. The predicted octanol–water partition coefficient (Wildman–Crippen LogP) is 2.04. The molecule has 2 rings (SSSR count). The smallest absolute Gasteiger partial charge is 0.313 e. The van der Waals surface area contributed by atoms with Crippen molar-refractivity contribution in [1.82, 2.24) is 9.97 Å². The number of hydrogen-bond donors (Lipinski definition) is 2. The summed E-state index contributed by atoms with van der Waals surface area (Å²) in [5.41, 5.74) is 0.671. The molecule has 2 aromatic rings. The van der Waals surface area contributed by atoms with Crippen molar-refractivity contribution >= 4 is 29.3 Å². The number of rotatable bonds is 5. The van der Waals surface area contributed by atoms with Gasteiger partial charge in [-0.3, -0.25) is 9.59 Å². The SMILES string of the molecule is O=C(O)CSc1ncc(C(=O)Nc2ccc(F)cc2)cn1. The zero-order chi connectivity index (χ0) is 15.2. The van der Waals surface area contributed by atoms with Crippen LogP contribution in [0, 0.1) is 5.82 Å². The number of aromatic nitrogens is 2. The van der Waals surface area contributed by atoms with Crippen molar-refractivity contribution in [2.45, 2.75) is 5.16 Å². The number of carboxylic acid groups (broad SMARTS) is 1. The van der Waals surface area contributed by atoms with Crippen LogP contribution >= 0.6 is 11.8 Å². The van der Waals surface area contributed by atoms with Gasteiger partial charge in [-0.1, -0.05) is 11.8 Å². The highest BCUT2D eigenvalue weighted by Gasteiger charge is 2.09. The van der Waals surface area contributed by atoms with Gasteiger partial charge in [-0.2, -0.15) is 0 Å². The van der Waals surface area contributed by atoms with Crippen LogP contribution in [-0.2, 0) is 4.79 Å². The maximum atomic E-state index is 12.7. The number of carbonyl (C=O) groups is 2. The van der Waals surface area contributed by atoms with Crippen molar-refractivity contribution in [2.24, 2.45) is 0 Å². The van der Waals surface area contributed by atoms with Crippen LogP contribution in [0.1, 0.15) is 10.4 Å². The summed E-state index contributed by atoms with van der Waals surface area (Å²) in [7, 11) is 0. The normalized spacial score (nSPS) is 10.1. The number of nitrogens with one attached hydrogen (secondary N) is 1. The number of carboxylic acids is 1. The Morgan fingerprint density at radius 2 is 1.81 bits per heavy atom. The van der Waals surface area contributed by atoms with E-state index in [0.29, 0.717) is 5.69 Å². The molecule has 0 unspecified atom stereocenters. The zero-order valence-corrected chi connectivity index (χ0v) is 11.4. The van der Waals surface area contributed by atoms with E-state index < -0.39 is 17.7 Å². The Hall–Kier alpha value is -2.48. The van der Waals surface area contributed by atoms with Crippen LogP contribution < -0.4 is 5.32 Å². The van der Waals surface area contributed by atoms with Crippen molar-refractivity contribution in [2.75, 3.05) is 11.1 Å². The van der Waals surface area contributed by atoms with Gasteiger partial charge >= 0.3 is 5.97 Å². The molecule has 0 aliphatic rings. The summed E-state index contributed by atoms with van der Waals surface area (Å²) in [5.74, 6) is -1.95. The molecule has 0 radical (unpaired) electrons. The lowest BCUT2D eigenvalue weighted by atomic mass is 10.2. The highest BCUT2D eigenvalue weighted by molar-refractivity contribution is 7.99. The first-order valence-corrected chi connectivity index (χ1v) is 6.77. The van der Waals surface area contributed by atoms with Gasteiger partial charge in [0.05, 0.1) is 11.3 Å². The largest absolute Gasteiger partial charge is 0.481 e. The van der Waals surface area contributed by atoms with Gasteiger partial charge in [0, 0.05) is 18.1 Å². The van der Waals surface area contributed by atoms with Crippen LogP contribution in [0.5, 0.6) is 0 Å². The lowest BCUT2D eigenvalue weighted by Crippen LogP contribution is -2.12. The van der Waals surface area contributed by atoms with Crippen molar-refractivity contribution in [1.29, 1.82) is 0 Å². The fourth-order valence-corrected chi connectivity index (χ4v) is 1.88. The summed E-state index contributed by atoms with van der Waals surface area (Å²) in [6, 6.07) is 5.34. The van der Waals surface area contributed by atoms with Gasteiger partial charge in [0.1, 0.15) is 5.82 Å². The molecule has 0 bridgehead atoms. The number of hydrogen-bond acceptors (Lipinski definition) is 5. The standard InChI is InChI=1S/C13H10FN3O3S/c14-9-1-3-10(4-2-9)17-12(20)8-5-15-13(16-6-8)21-7-11(18)19/h1-6H,7H2,(H,17,20)(H,18,19). The van der Waals surface area contributed by atoms with Crippen molar-refractivity contribution in [3.63, 3.8) is 0 Å². The van der Waals surface area contributed by atoms with Gasteiger partial charge in [0.25, 0.3) is 5.91 Å². The summed E-state index contributed by atoms with van der Waals surface area (Å²) in [6.07, 6.45) is 2.60. The van der Waals surface area contributed by atoms with Crippen LogP contribution in [0.25, 0.3) is 0 Å². The summed E-state index contributed by atoms with van der Waals surface area (Å²) in [4.78, 5) is 30.1. The Labute approximate surface area is 123 Å². The van der Waals surface area contributed by atoms with Crippen molar-refractivity contribution in [3.8, 4) is 0 Å². The molecule has 21 heavy (non-hydrogen) atoms. The fraction of sp³-hybridized carbons (Fsp3) is 0.0769. The van der Waals surface area contributed by atoms with E-state index in [-0.39, 0.29) is 16.5 Å². The van der Waals surface area contributed by atoms with Gasteiger partial charge < -0.3 is 10.4 Å². The molecule has 1 aromatic carbocycles. The fourth-order valence-electron chi connectivity index (χ4n) is 1.37. The molecule has 0 spiro atoms. The first-order valence-electron chi connectivity index (χ1n) is 5.78. The highest BCUT2D eigenvalue weighted by Crippen LogP contribution is 2.13. The van der Waals surface area contributed by atoms with Gasteiger partial charge in [-0.25, -0.2) is 14.4 Å². The predicted molar refractivity (Wildman–Crippen MR) is 74.7 cm³/mol. The van der Waals surface area contributed by atoms with E-state index in [4.69, 9.17) is 5.11 Å². The molecule has 0 atom stereocenters. The summed E-state index contributed by atoms with van der Waals surface area (Å²) < 4.78 is 12.7. The number of nitrogens with zero attached hydrogens (tertiary/aromatic N) is 2. The molecule has 2 N–H and O–H groups in total.